The molecule has 1 aliphatic heterocycles. The highest BCUT2D eigenvalue weighted by Gasteiger charge is 2.30. The van der Waals surface area contributed by atoms with Crippen molar-refractivity contribution in [2.24, 2.45) is 5.92 Å². The second kappa shape index (κ2) is 6.49. The van der Waals surface area contributed by atoms with E-state index < -0.39 is 0 Å². The summed E-state index contributed by atoms with van der Waals surface area (Å²) >= 11 is 0. The van der Waals surface area contributed by atoms with Gasteiger partial charge < -0.3 is 9.15 Å². The van der Waals surface area contributed by atoms with Gasteiger partial charge in [-0.25, -0.2) is 0 Å². The normalized spacial score (nSPS) is 21.5. The lowest BCUT2D eigenvalue weighted by Gasteiger charge is -2.31. The van der Waals surface area contributed by atoms with Crippen LogP contribution in [0.1, 0.15) is 42.7 Å². The van der Waals surface area contributed by atoms with Gasteiger partial charge in [-0.1, -0.05) is 0 Å². The molecule has 0 N–H and O–H groups in total. The summed E-state index contributed by atoms with van der Waals surface area (Å²) in [6, 6.07) is 4.00. The van der Waals surface area contributed by atoms with Crippen LogP contribution in [0, 0.1) is 5.92 Å². The summed E-state index contributed by atoms with van der Waals surface area (Å²) < 4.78 is 13.4. The summed E-state index contributed by atoms with van der Waals surface area (Å²) in [5.74, 6) is 2.23. The Kier molecular flexibility index (Phi) is 4.23. The van der Waals surface area contributed by atoms with Crippen molar-refractivity contribution in [1.29, 1.82) is 0 Å². The van der Waals surface area contributed by atoms with Crippen LogP contribution in [-0.4, -0.2) is 34.4 Å². The minimum absolute atomic E-state index is 0.356. The van der Waals surface area contributed by atoms with Crippen molar-refractivity contribution >= 4 is 0 Å². The molecule has 1 atom stereocenters. The van der Waals surface area contributed by atoms with Gasteiger partial charge in [-0.3, -0.25) is 9.58 Å². The highest BCUT2D eigenvalue weighted by Crippen LogP contribution is 2.33. The number of ether oxygens (including phenoxy) is 1. The van der Waals surface area contributed by atoms with Crippen LogP contribution < -0.4 is 0 Å². The molecule has 124 valence electrons. The molecule has 5 heteroatoms. The molecule has 2 aromatic rings. The van der Waals surface area contributed by atoms with Crippen LogP contribution in [0.3, 0.4) is 0 Å². The number of fused-ring (bicyclic) bond motifs is 1. The van der Waals surface area contributed by atoms with E-state index in [2.05, 4.69) is 22.7 Å². The van der Waals surface area contributed by atoms with Gasteiger partial charge in [0.15, 0.2) is 0 Å². The maximum absolute atomic E-state index is 5.72. The zero-order valence-electron chi connectivity index (χ0n) is 13.8. The van der Waals surface area contributed by atoms with Crippen molar-refractivity contribution in [1.82, 2.24) is 14.7 Å². The Morgan fingerprint density at radius 1 is 1.39 bits per heavy atom. The molecule has 0 bridgehead atoms. The summed E-state index contributed by atoms with van der Waals surface area (Å²) in [5, 5.41) is 4.88. The zero-order valence-corrected chi connectivity index (χ0v) is 13.8. The summed E-state index contributed by atoms with van der Waals surface area (Å²) in [4.78, 5) is 2.44. The van der Waals surface area contributed by atoms with Crippen LogP contribution >= 0.6 is 0 Å². The fourth-order valence-corrected chi connectivity index (χ4v) is 3.44. The molecule has 5 nitrogen and oxygen atoms in total. The number of hydrogen-bond acceptors (Lipinski definition) is 4. The fourth-order valence-electron chi connectivity index (χ4n) is 3.44. The highest BCUT2D eigenvalue weighted by molar-refractivity contribution is 5.25. The first-order valence-electron chi connectivity index (χ1n) is 8.70. The third kappa shape index (κ3) is 3.51. The summed E-state index contributed by atoms with van der Waals surface area (Å²) in [7, 11) is 0. The largest absolute Gasteiger partial charge is 0.468 e. The van der Waals surface area contributed by atoms with Crippen LogP contribution in [0.2, 0.25) is 0 Å². The first-order chi connectivity index (χ1) is 11.3. The first kappa shape index (κ1) is 15.0. The Balaban J connectivity index is 1.51. The molecule has 3 heterocycles. The minimum Gasteiger partial charge on any atom is -0.468 e. The van der Waals surface area contributed by atoms with Crippen LogP contribution in [0.5, 0.6) is 0 Å². The molecule has 0 aromatic carbocycles. The van der Waals surface area contributed by atoms with Gasteiger partial charge in [0.25, 0.3) is 0 Å². The predicted octanol–water partition coefficient (Wildman–Crippen LogP) is 3.02. The van der Waals surface area contributed by atoms with Crippen LogP contribution in [0.15, 0.2) is 29.0 Å². The second-order valence-corrected chi connectivity index (χ2v) is 6.81. The topological polar surface area (TPSA) is 43.4 Å². The Labute approximate surface area is 137 Å². The monoisotopic (exact) mass is 315 g/mol. The fraction of sp³-hybridized carbons (Fsp3) is 0.611. The standard InChI is InChI=1S/C18H25N3O2/c1-2-22-13-16-10-20(12-17-4-3-7-23-17)9-15-11-21(19-18(15)16)8-14-5-6-14/h3-4,7,11,14,16H,2,5-6,8-10,12-13H2,1H3/t16-/m0/s1. The molecule has 0 radical (unpaired) electrons. The van der Waals surface area contributed by atoms with Gasteiger partial charge in [0, 0.05) is 43.9 Å². The second-order valence-electron chi connectivity index (χ2n) is 6.81. The van der Waals surface area contributed by atoms with E-state index in [4.69, 9.17) is 14.3 Å². The molecule has 23 heavy (non-hydrogen) atoms. The third-order valence-corrected chi connectivity index (χ3v) is 4.75. The van der Waals surface area contributed by atoms with Gasteiger partial charge >= 0.3 is 0 Å². The average Bonchev–Trinajstić information content (AvgIpc) is 3.04. The number of hydrogen-bond donors (Lipinski definition) is 0. The Morgan fingerprint density at radius 2 is 2.30 bits per heavy atom. The molecular formula is C18H25N3O2. The van der Waals surface area contributed by atoms with Crippen molar-refractivity contribution in [2.45, 2.75) is 45.3 Å². The number of nitrogens with zero attached hydrogens (tertiary/aromatic N) is 3. The lowest BCUT2D eigenvalue weighted by molar-refractivity contribution is 0.101. The van der Waals surface area contributed by atoms with Crippen LogP contribution in [-0.2, 0) is 24.4 Å². The van der Waals surface area contributed by atoms with Gasteiger partial charge in [0.2, 0.25) is 0 Å². The number of aromatic nitrogens is 2. The van der Waals surface area contributed by atoms with Crippen molar-refractivity contribution in [3.05, 3.63) is 41.6 Å². The maximum Gasteiger partial charge on any atom is 0.117 e. The van der Waals surface area contributed by atoms with Crippen molar-refractivity contribution < 1.29 is 9.15 Å². The van der Waals surface area contributed by atoms with E-state index in [1.165, 1.54) is 24.1 Å². The van der Waals surface area contributed by atoms with Gasteiger partial charge in [-0.2, -0.15) is 5.10 Å². The lowest BCUT2D eigenvalue weighted by atomic mass is 9.97. The van der Waals surface area contributed by atoms with Crippen molar-refractivity contribution in [3.8, 4) is 0 Å². The van der Waals surface area contributed by atoms with Gasteiger partial charge in [-0.15, -0.1) is 0 Å². The first-order valence-corrected chi connectivity index (χ1v) is 8.70. The van der Waals surface area contributed by atoms with E-state index in [1.54, 1.807) is 6.26 Å². The predicted molar refractivity (Wildman–Crippen MR) is 87.0 cm³/mol. The molecule has 0 saturated heterocycles. The molecular weight excluding hydrogens is 290 g/mol. The zero-order chi connectivity index (χ0) is 15.6. The van der Waals surface area contributed by atoms with Crippen molar-refractivity contribution in [2.75, 3.05) is 19.8 Å². The summed E-state index contributed by atoms with van der Waals surface area (Å²) in [6.07, 6.45) is 6.71. The Morgan fingerprint density at radius 3 is 3.04 bits per heavy atom. The molecule has 2 aromatic heterocycles. The van der Waals surface area contributed by atoms with E-state index in [0.29, 0.717) is 5.92 Å². The Bertz CT molecular complexity index is 631. The van der Waals surface area contributed by atoms with E-state index in [9.17, 15) is 0 Å². The van der Waals surface area contributed by atoms with E-state index in [0.717, 1.165) is 51.1 Å². The lowest BCUT2D eigenvalue weighted by Crippen LogP contribution is -2.34. The third-order valence-electron chi connectivity index (χ3n) is 4.75. The van der Waals surface area contributed by atoms with Crippen molar-refractivity contribution in [3.63, 3.8) is 0 Å². The summed E-state index contributed by atoms with van der Waals surface area (Å²) in [5.41, 5.74) is 2.60. The summed E-state index contributed by atoms with van der Waals surface area (Å²) in [6.45, 7) is 7.41. The number of rotatable bonds is 7. The Hall–Kier alpha value is -1.59. The molecule has 0 spiro atoms. The van der Waals surface area contributed by atoms with E-state index in [1.807, 2.05) is 12.1 Å². The minimum atomic E-state index is 0.356. The molecule has 0 amide bonds. The van der Waals surface area contributed by atoms with E-state index >= 15 is 0 Å². The van der Waals surface area contributed by atoms with Gasteiger partial charge in [0.05, 0.1) is 25.1 Å². The van der Waals surface area contributed by atoms with E-state index in [-0.39, 0.29) is 0 Å². The average molecular weight is 315 g/mol. The molecule has 1 saturated carbocycles. The number of furan rings is 1. The molecule has 1 aliphatic carbocycles. The smallest absolute Gasteiger partial charge is 0.117 e. The maximum atomic E-state index is 5.72. The quantitative estimate of drug-likeness (QED) is 0.788. The molecule has 1 fully saturated rings. The highest BCUT2D eigenvalue weighted by atomic mass is 16.5. The van der Waals surface area contributed by atoms with Crippen LogP contribution in [0.4, 0.5) is 0 Å². The van der Waals surface area contributed by atoms with Gasteiger partial charge in [0.1, 0.15) is 5.76 Å². The molecule has 0 unspecified atom stereocenters. The SMILES string of the molecule is CCOC[C@@H]1CN(Cc2ccco2)Cc2cn(CC3CC3)nc21. The van der Waals surface area contributed by atoms with Gasteiger partial charge in [-0.05, 0) is 37.8 Å². The molecule has 4 rings (SSSR count). The molecule has 2 aliphatic rings. The van der Waals surface area contributed by atoms with Crippen LogP contribution in [0.25, 0.3) is 0 Å².